The molecular formula is C50H50N2. The van der Waals surface area contributed by atoms with E-state index in [9.17, 15) is 0 Å². The summed E-state index contributed by atoms with van der Waals surface area (Å²) in [7, 11) is 0. The Bertz CT molecular complexity index is 2060. The third-order valence-electron chi connectivity index (χ3n) is 13.3. The summed E-state index contributed by atoms with van der Waals surface area (Å²) in [6.45, 7) is 0. The fraction of sp³-hybridized carbons (Fsp3) is 0.320. The Kier molecular flexibility index (Phi) is 8.35. The van der Waals surface area contributed by atoms with Crippen LogP contribution in [0.3, 0.4) is 0 Å². The van der Waals surface area contributed by atoms with Gasteiger partial charge in [-0.25, -0.2) is 0 Å². The van der Waals surface area contributed by atoms with Crippen molar-refractivity contribution < 1.29 is 0 Å². The van der Waals surface area contributed by atoms with Crippen molar-refractivity contribution in [3.8, 4) is 0 Å². The highest BCUT2D eigenvalue weighted by Crippen LogP contribution is 2.57. The zero-order valence-corrected chi connectivity index (χ0v) is 30.2. The molecular weight excluding hydrogens is 629 g/mol. The van der Waals surface area contributed by atoms with E-state index in [4.69, 9.17) is 0 Å². The summed E-state index contributed by atoms with van der Waals surface area (Å²) in [5, 5.41) is 0. The zero-order valence-electron chi connectivity index (χ0n) is 30.2. The van der Waals surface area contributed by atoms with Gasteiger partial charge in [0.05, 0.1) is 0 Å². The minimum atomic E-state index is 0.403. The third kappa shape index (κ3) is 5.54. The molecule has 260 valence electrons. The number of allylic oxidation sites excluding steroid dienone is 18. The number of rotatable bonds is 6. The van der Waals surface area contributed by atoms with Gasteiger partial charge in [0.1, 0.15) is 0 Å². The number of nitrogens with zero attached hydrogens (tertiary/aromatic N) is 2. The van der Waals surface area contributed by atoms with Crippen LogP contribution in [0.5, 0.6) is 0 Å². The van der Waals surface area contributed by atoms with E-state index in [2.05, 4.69) is 168 Å². The molecule has 0 fully saturated rings. The van der Waals surface area contributed by atoms with Crippen molar-refractivity contribution in [3.05, 3.63) is 197 Å². The molecule has 2 aromatic carbocycles. The van der Waals surface area contributed by atoms with Crippen LogP contribution in [-0.2, 0) is 0 Å². The highest BCUT2D eigenvalue weighted by atomic mass is 15.2. The van der Waals surface area contributed by atoms with Crippen molar-refractivity contribution in [1.29, 1.82) is 0 Å². The second-order valence-corrected chi connectivity index (χ2v) is 16.1. The number of para-hydroxylation sites is 1. The summed E-state index contributed by atoms with van der Waals surface area (Å²) in [6.07, 6.45) is 50.6. The molecule has 52 heavy (non-hydrogen) atoms. The summed E-state index contributed by atoms with van der Waals surface area (Å²) < 4.78 is 0. The molecule has 2 nitrogen and oxygen atoms in total. The van der Waals surface area contributed by atoms with E-state index < -0.39 is 0 Å². The number of hydrogen-bond acceptors (Lipinski definition) is 2. The molecule has 2 bridgehead atoms. The fourth-order valence-corrected chi connectivity index (χ4v) is 11.0. The van der Waals surface area contributed by atoms with Gasteiger partial charge in [0.15, 0.2) is 0 Å². The molecule has 0 spiro atoms. The number of hydrogen-bond donors (Lipinski definition) is 0. The second kappa shape index (κ2) is 13.6. The van der Waals surface area contributed by atoms with Gasteiger partial charge >= 0.3 is 0 Å². The van der Waals surface area contributed by atoms with Gasteiger partial charge in [-0.2, -0.15) is 0 Å². The molecule has 0 amide bonds. The average Bonchev–Trinajstić information content (AvgIpc) is 3.56. The van der Waals surface area contributed by atoms with Gasteiger partial charge in [-0.3, -0.25) is 0 Å². The van der Waals surface area contributed by atoms with Crippen molar-refractivity contribution in [1.82, 2.24) is 4.90 Å². The van der Waals surface area contributed by atoms with Crippen LogP contribution >= 0.6 is 0 Å². The number of fused-ring (bicyclic) bond motifs is 7. The molecule has 2 heteroatoms. The molecule has 0 aliphatic heterocycles. The standard InChI is InChI=1S/C50H50N2/c1-3-18-38(19-4-1)51(48-27-12-15-35-14-7-8-22-42(35)36-16-11-17-37(48)34-36)40-28-30-41(31-29-40)52(39-20-5-2-6-21-39)49-33-32-46-44-24-10-9-23-43(44)45-25-13-26-47(49)50(45)46/h2-3,5-15,17-24,26,28,30,32-33,35-37,42,45-46,48,50H,1,4,16,25,27,29,31,34H2/b15-12+. The van der Waals surface area contributed by atoms with Crippen molar-refractivity contribution in [3.63, 3.8) is 0 Å². The SMILES string of the molecule is C1=CC2/C=C/CC(N(C3=CCCC=C3)C3=CC=C(N(C4=C5C=CCC6c7ccccc7C(C=C4)C56)c4ccccc4)CC3)C3C=CCC(C3)C2C=C1. The molecule has 8 unspecified atom stereocenters. The van der Waals surface area contributed by atoms with E-state index in [0.717, 1.165) is 38.5 Å². The van der Waals surface area contributed by atoms with Gasteiger partial charge in [-0.1, -0.05) is 121 Å². The Morgan fingerprint density at radius 2 is 1.46 bits per heavy atom. The Morgan fingerprint density at radius 3 is 2.33 bits per heavy atom. The molecule has 0 heterocycles. The monoisotopic (exact) mass is 678 g/mol. The van der Waals surface area contributed by atoms with Gasteiger partial charge < -0.3 is 9.80 Å². The molecule has 0 saturated carbocycles. The number of anilines is 1. The summed E-state index contributed by atoms with van der Waals surface area (Å²) in [5.41, 5.74) is 11.4. The Hall–Kier alpha value is -4.82. The average molecular weight is 679 g/mol. The van der Waals surface area contributed by atoms with Crippen molar-refractivity contribution in [2.24, 2.45) is 29.6 Å². The lowest BCUT2D eigenvalue weighted by molar-refractivity contribution is 0.199. The predicted molar refractivity (Wildman–Crippen MR) is 216 cm³/mol. The zero-order chi connectivity index (χ0) is 34.4. The first-order valence-corrected chi connectivity index (χ1v) is 20.1. The lowest BCUT2D eigenvalue weighted by atomic mass is 9.71. The highest BCUT2D eigenvalue weighted by Gasteiger charge is 2.45. The largest absolute Gasteiger partial charge is 0.341 e. The maximum atomic E-state index is 2.77. The lowest BCUT2D eigenvalue weighted by Gasteiger charge is -2.44. The third-order valence-corrected chi connectivity index (χ3v) is 13.3. The van der Waals surface area contributed by atoms with E-state index in [1.54, 1.807) is 5.56 Å². The molecule has 0 radical (unpaired) electrons. The van der Waals surface area contributed by atoms with Crippen molar-refractivity contribution in [2.75, 3.05) is 4.90 Å². The van der Waals surface area contributed by atoms with Gasteiger partial charge in [0.25, 0.3) is 0 Å². The van der Waals surface area contributed by atoms with Crippen LogP contribution in [0.2, 0.25) is 0 Å². The topological polar surface area (TPSA) is 6.48 Å². The molecule has 8 atom stereocenters. The Morgan fingerprint density at radius 1 is 0.635 bits per heavy atom. The quantitative estimate of drug-likeness (QED) is 0.281. The maximum Gasteiger partial charge on any atom is 0.0490 e. The van der Waals surface area contributed by atoms with Crippen LogP contribution in [0.4, 0.5) is 5.69 Å². The number of benzene rings is 2. The van der Waals surface area contributed by atoms with Crippen LogP contribution < -0.4 is 4.90 Å². The van der Waals surface area contributed by atoms with E-state index in [1.165, 1.54) is 52.5 Å². The summed E-state index contributed by atoms with van der Waals surface area (Å²) >= 11 is 0. The lowest BCUT2D eigenvalue weighted by Crippen LogP contribution is -2.41. The molecule has 8 aliphatic carbocycles. The molecule has 0 saturated heterocycles. The smallest absolute Gasteiger partial charge is 0.0490 e. The molecule has 2 aromatic rings. The van der Waals surface area contributed by atoms with Crippen molar-refractivity contribution in [2.45, 2.75) is 69.2 Å². The molecule has 0 aromatic heterocycles. The van der Waals surface area contributed by atoms with Crippen LogP contribution in [-0.4, -0.2) is 10.9 Å². The van der Waals surface area contributed by atoms with Crippen molar-refractivity contribution >= 4 is 5.69 Å². The summed E-state index contributed by atoms with van der Waals surface area (Å²) in [4.78, 5) is 5.37. The predicted octanol–water partition coefficient (Wildman–Crippen LogP) is 12.1. The fourth-order valence-electron chi connectivity index (χ4n) is 11.0. The van der Waals surface area contributed by atoms with Crippen LogP contribution in [0.25, 0.3) is 0 Å². The van der Waals surface area contributed by atoms with Gasteiger partial charge in [-0.15, -0.1) is 0 Å². The first-order valence-electron chi connectivity index (χ1n) is 20.1. The van der Waals surface area contributed by atoms with E-state index in [1.807, 2.05) is 0 Å². The minimum Gasteiger partial charge on any atom is -0.341 e. The molecule has 10 rings (SSSR count). The first-order chi connectivity index (χ1) is 25.8. The van der Waals surface area contributed by atoms with Gasteiger partial charge in [-0.05, 0) is 128 Å². The molecule has 0 N–H and O–H groups in total. The van der Waals surface area contributed by atoms with E-state index in [-0.39, 0.29) is 0 Å². The first kappa shape index (κ1) is 31.9. The minimum absolute atomic E-state index is 0.403. The normalized spacial score (nSPS) is 32.7. The second-order valence-electron chi connectivity index (χ2n) is 16.1. The maximum absolute atomic E-state index is 2.77. The van der Waals surface area contributed by atoms with Gasteiger partial charge in [0, 0.05) is 52.3 Å². The molecule has 8 aliphatic rings. The van der Waals surface area contributed by atoms with Crippen LogP contribution in [0, 0.1) is 29.6 Å². The highest BCUT2D eigenvalue weighted by molar-refractivity contribution is 5.67. The Labute approximate surface area is 310 Å². The Balaban J connectivity index is 1.03. The van der Waals surface area contributed by atoms with Crippen LogP contribution in [0.1, 0.15) is 74.3 Å². The van der Waals surface area contributed by atoms with E-state index >= 15 is 0 Å². The van der Waals surface area contributed by atoms with E-state index in [0.29, 0.717) is 47.5 Å². The van der Waals surface area contributed by atoms with Crippen LogP contribution in [0.15, 0.2) is 186 Å². The van der Waals surface area contributed by atoms with Gasteiger partial charge in [0.2, 0.25) is 0 Å². The summed E-state index contributed by atoms with van der Waals surface area (Å²) in [5.74, 6) is 3.86. The summed E-state index contributed by atoms with van der Waals surface area (Å²) in [6, 6.07) is 20.7.